The molecule has 0 aliphatic carbocycles. The van der Waals surface area contributed by atoms with Gasteiger partial charge in [-0.15, -0.1) is 11.8 Å². The van der Waals surface area contributed by atoms with Crippen LogP contribution in [-0.4, -0.2) is 23.7 Å². The van der Waals surface area contributed by atoms with Gasteiger partial charge in [0.15, 0.2) is 0 Å². The Morgan fingerprint density at radius 3 is 2.41 bits per heavy atom. The van der Waals surface area contributed by atoms with Crippen molar-refractivity contribution in [2.75, 3.05) is 17.2 Å². The number of ether oxygens (including phenoxy) is 1. The molecule has 0 fully saturated rings. The van der Waals surface area contributed by atoms with Crippen LogP contribution >= 0.6 is 35.0 Å². The Balaban J connectivity index is 1.59. The summed E-state index contributed by atoms with van der Waals surface area (Å²) in [4.78, 5) is 26.0. The van der Waals surface area contributed by atoms with Crippen LogP contribution in [0.4, 0.5) is 11.4 Å². The van der Waals surface area contributed by atoms with Crippen molar-refractivity contribution in [3.8, 4) is 5.75 Å². The molecular formula is C24H22Cl2N2O3S. The molecule has 166 valence electrons. The van der Waals surface area contributed by atoms with Crippen molar-refractivity contribution in [3.05, 3.63) is 82.3 Å². The Bertz CT molecular complexity index is 1110. The molecule has 2 N–H and O–H groups in total. The molecule has 0 saturated heterocycles. The summed E-state index contributed by atoms with van der Waals surface area (Å²) in [6.07, 6.45) is 0. The van der Waals surface area contributed by atoms with E-state index in [1.807, 2.05) is 50.2 Å². The highest BCUT2D eigenvalue weighted by Crippen LogP contribution is 2.29. The number of hydrogen-bond acceptors (Lipinski definition) is 4. The summed E-state index contributed by atoms with van der Waals surface area (Å²) in [5, 5.41) is 6.14. The average molecular weight is 489 g/mol. The first-order valence-electron chi connectivity index (χ1n) is 9.93. The van der Waals surface area contributed by atoms with Crippen LogP contribution in [0.25, 0.3) is 0 Å². The summed E-state index contributed by atoms with van der Waals surface area (Å²) in [6, 6.07) is 19.3. The first-order chi connectivity index (χ1) is 15.4. The molecule has 3 aromatic rings. The Hall–Kier alpha value is -2.67. The lowest BCUT2D eigenvalue weighted by Gasteiger charge is -2.15. The zero-order chi connectivity index (χ0) is 23.1. The maximum Gasteiger partial charge on any atom is 0.257 e. The Morgan fingerprint density at radius 1 is 1.00 bits per heavy atom. The molecule has 3 rings (SSSR count). The molecule has 32 heavy (non-hydrogen) atoms. The minimum atomic E-state index is -0.335. The number of rotatable bonds is 8. The van der Waals surface area contributed by atoms with Crippen molar-refractivity contribution in [1.82, 2.24) is 0 Å². The molecule has 0 aliphatic rings. The molecule has 3 aromatic carbocycles. The van der Waals surface area contributed by atoms with Gasteiger partial charge in [-0.2, -0.15) is 0 Å². The third-order valence-electron chi connectivity index (χ3n) is 4.41. The molecule has 0 heterocycles. The zero-order valence-corrected chi connectivity index (χ0v) is 19.9. The van der Waals surface area contributed by atoms with Gasteiger partial charge >= 0.3 is 0 Å². The standard InChI is InChI=1S/C24H22Cl2N2O3S/c1-3-31-22-7-5-4-6-21(22)28-23(29)15(2)32-18-11-9-17(10-12-18)27-24(30)19-13-8-16(25)14-20(19)26/h4-15H,3H2,1-2H3,(H,27,30)(H,28,29). The molecule has 0 saturated carbocycles. The normalized spacial score (nSPS) is 11.5. The number of para-hydroxylation sites is 2. The van der Waals surface area contributed by atoms with E-state index in [2.05, 4.69) is 10.6 Å². The monoisotopic (exact) mass is 488 g/mol. The first-order valence-corrected chi connectivity index (χ1v) is 11.6. The smallest absolute Gasteiger partial charge is 0.257 e. The van der Waals surface area contributed by atoms with E-state index in [0.717, 1.165) is 4.90 Å². The maximum atomic E-state index is 12.6. The molecule has 5 nitrogen and oxygen atoms in total. The Labute approximate surface area is 201 Å². The fraction of sp³-hybridized carbons (Fsp3) is 0.167. The van der Waals surface area contributed by atoms with E-state index < -0.39 is 0 Å². The third kappa shape index (κ3) is 6.42. The summed E-state index contributed by atoms with van der Waals surface area (Å²) < 4.78 is 5.56. The van der Waals surface area contributed by atoms with E-state index >= 15 is 0 Å². The van der Waals surface area contributed by atoms with Gasteiger partial charge in [0.2, 0.25) is 5.91 Å². The lowest BCUT2D eigenvalue weighted by atomic mass is 10.2. The van der Waals surface area contributed by atoms with Crippen LogP contribution in [0.2, 0.25) is 10.0 Å². The molecule has 1 atom stereocenters. The Morgan fingerprint density at radius 2 is 1.72 bits per heavy atom. The number of thioether (sulfide) groups is 1. The van der Waals surface area contributed by atoms with Crippen LogP contribution in [-0.2, 0) is 4.79 Å². The lowest BCUT2D eigenvalue weighted by Crippen LogP contribution is -2.22. The summed E-state index contributed by atoms with van der Waals surface area (Å²) >= 11 is 13.4. The van der Waals surface area contributed by atoms with Gasteiger partial charge in [-0.3, -0.25) is 9.59 Å². The minimum Gasteiger partial charge on any atom is -0.492 e. The third-order valence-corrected chi connectivity index (χ3v) is 6.07. The molecule has 0 spiro atoms. The second-order valence-corrected chi connectivity index (χ2v) is 9.04. The van der Waals surface area contributed by atoms with Gasteiger partial charge in [0.1, 0.15) is 5.75 Å². The molecule has 0 aliphatic heterocycles. The summed E-state index contributed by atoms with van der Waals surface area (Å²) in [5.74, 6) is 0.186. The molecule has 1 unspecified atom stereocenters. The molecule has 0 radical (unpaired) electrons. The number of nitrogens with one attached hydrogen (secondary N) is 2. The van der Waals surface area contributed by atoms with Gasteiger partial charge in [0, 0.05) is 15.6 Å². The fourth-order valence-electron chi connectivity index (χ4n) is 2.83. The van der Waals surface area contributed by atoms with Crippen LogP contribution < -0.4 is 15.4 Å². The molecule has 0 aromatic heterocycles. The summed E-state index contributed by atoms with van der Waals surface area (Å²) in [6.45, 7) is 4.25. The highest BCUT2D eigenvalue weighted by Gasteiger charge is 2.17. The molecule has 0 bridgehead atoms. The minimum absolute atomic E-state index is 0.128. The quantitative estimate of drug-likeness (QED) is 0.343. The number of hydrogen-bond donors (Lipinski definition) is 2. The van der Waals surface area contributed by atoms with E-state index in [1.165, 1.54) is 17.8 Å². The van der Waals surface area contributed by atoms with Crippen molar-refractivity contribution < 1.29 is 14.3 Å². The van der Waals surface area contributed by atoms with Gasteiger partial charge in [-0.05, 0) is 68.4 Å². The summed E-state index contributed by atoms with van der Waals surface area (Å²) in [5.41, 5.74) is 1.60. The number of carbonyl (C=O) groups is 2. The van der Waals surface area contributed by atoms with Gasteiger partial charge in [0.05, 0.1) is 28.1 Å². The number of benzene rings is 3. The topological polar surface area (TPSA) is 67.4 Å². The second kappa shape index (κ2) is 11.3. The predicted octanol–water partition coefficient (Wildman–Crippen LogP) is 6.76. The van der Waals surface area contributed by atoms with Gasteiger partial charge < -0.3 is 15.4 Å². The van der Waals surface area contributed by atoms with E-state index in [1.54, 1.807) is 24.3 Å². The van der Waals surface area contributed by atoms with Crippen molar-refractivity contribution in [2.24, 2.45) is 0 Å². The Kier molecular flexibility index (Phi) is 8.45. The van der Waals surface area contributed by atoms with E-state index in [4.69, 9.17) is 27.9 Å². The molecule has 2 amide bonds. The number of anilines is 2. The van der Waals surface area contributed by atoms with Crippen LogP contribution in [0.15, 0.2) is 71.6 Å². The van der Waals surface area contributed by atoms with Gasteiger partial charge in [0.25, 0.3) is 5.91 Å². The number of carbonyl (C=O) groups excluding carboxylic acids is 2. The summed E-state index contributed by atoms with van der Waals surface area (Å²) in [7, 11) is 0. The molecule has 8 heteroatoms. The highest BCUT2D eigenvalue weighted by molar-refractivity contribution is 8.00. The maximum absolute atomic E-state index is 12.6. The fourth-order valence-corrected chi connectivity index (χ4v) is 4.19. The SMILES string of the molecule is CCOc1ccccc1NC(=O)C(C)Sc1ccc(NC(=O)c2ccc(Cl)cc2Cl)cc1. The van der Waals surface area contributed by atoms with E-state index in [-0.39, 0.29) is 22.1 Å². The number of halogens is 2. The zero-order valence-electron chi connectivity index (χ0n) is 17.5. The van der Waals surface area contributed by atoms with Crippen LogP contribution in [0.5, 0.6) is 5.75 Å². The van der Waals surface area contributed by atoms with Crippen LogP contribution in [0, 0.1) is 0 Å². The van der Waals surface area contributed by atoms with Gasteiger partial charge in [-0.25, -0.2) is 0 Å². The van der Waals surface area contributed by atoms with Crippen molar-refractivity contribution in [3.63, 3.8) is 0 Å². The van der Waals surface area contributed by atoms with Crippen LogP contribution in [0.1, 0.15) is 24.2 Å². The van der Waals surface area contributed by atoms with E-state index in [0.29, 0.717) is 34.3 Å². The lowest BCUT2D eigenvalue weighted by molar-refractivity contribution is -0.115. The largest absolute Gasteiger partial charge is 0.492 e. The predicted molar refractivity (Wildman–Crippen MR) is 132 cm³/mol. The highest BCUT2D eigenvalue weighted by atomic mass is 35.5. The average Bonchev–Trinajstić information content (AvgIpc) is 2.76. The van der Waals surface area contributed by atoms with Crippen LogP contribution in [0.3, 0.4) is 0 Å². The van der Waals surface area contributed by atoms with Crippen molar-refractivity contribution in [2.45, 2.75) is 24.0 Å². The van der Waals surface area contributed by atoms with E-state index in [9.17, 15) is 9.59 Å². The second-order valence-electron chi connectivity index (χ2n) is 6.78. The van der Waals surface area contributed by atoms with Crippen molar-refractivity contribution >= 4 is 58.2 Å². The first kappa shape index (κ1) is 24.0. The van der Waals surface area contributed by atoms with Crippen molar-refractivity contribution in [1.29, 1.82) is 0 Å². The number of amides is 2. The molecular weight excluding hydrogens is 467 g/mol. The van der Waals surface area contributed by atoms with Gasteiger partial charge in [-0.1, -0.05) is 35.3 Å².